The van der Waals surface area contributed by atoms with E-state index in [1.54, 1.807) is 31.2 Å². The zero-order chi connectivity index (χ0) is 18.0. The van der Waals surface area contributed by atoms with Crippen molar-refractivity contribution in [1.82, 2.24) is 4.98 Å². The summed E-state index contributed by atoms with van der Waals surface area (Å²) < 4.78 is 0. The molecule has 1 aromatic carbocycles. The number of carbonyl (C=O) groups excluding carboxylic acids is 1. The van der Waals surface area contributed by atoms with Gasteiger partial charge >= 0.3 is 5.97 Å². The van der Waals surface area contributed by atoms with E-state index >= 15 is 0 Å². The Kier molecular flexibility index (Phi) is 5.18. The molecule has 2 aromatic rings. The summed E-state index contributed by atoms with van der Waals surface area (Å²) in [5.74, 6) is -1.08. The molecule has 1 unspecified atom stereocenters. The lowest BCUT2D eigenvalue weighted by atomic mass is 10.0. The first-order valence-electron chi connectivity index (χ1n) is 8.57. The van der Waals surface area contributed by atoms with E-state index in [-0.39, 0.29) is 5.91 Å². The number of nitrogens with zero attached hydrogens (tertiary/aromatic N) is 1. The SMILES string of the molecule is Cc1nc(C2CCCC2)sc1C(=O)Nc1ccc(C(C)C(=O)O)cc1. The van der Waals surface area contributed by atoms with Crippen molar-refractivity contribution in [2.24, 2.45) is 0 Å². The van der Waals surface area contributed by atoms with Gasteiger partial charge in [-0.2, -0.15) is 0 Å². The summed E-state index contributed by atoms with van der Waals surface area (Å²) in [5.41, 5.74) is 2.14. The fourth-order valence-corrected chi connectivity index (χ4v) is 4.29. The lowest BCUT2D eigenvalue weighted by Gasteiger charge is -2.08. The Morgan fingerprint density at radius 3 is 2.48 bits per heavy atom. The number of hydrogen-bond acceptors (Lipinski definition) is 4. The summed E-state index contributed by atoms with van der Waals surface area (Å²) in [6.07, 6.45) is 4.81. The number of aryl methyl sites for hydroxylation is 1. The number of aliphatic carboxylic acids is 1. The van der Waals surface area contributed by atoms with E-state index in [9.17, 15) is 9.59 Å². The summed E-state index contributed by atoms with van der Waals surface area (Å²) >= 11 is 1.50. The minimum Gasteiger partial charge on any atom is -0.481 e. The standard InChI is InChI=1S/C19H22N2O3S/c1-11(19(23)24)13-7-9-15(10-8-13)21-17(22)16-12(2)20-18(25-16)14-5-3-4-6-14/h7-11,14H,3-6H2,1-2H3,(H,21,22)(H,23,24). The topological polar surface area (TPSA) is 79.3 Å². The third kappa shape index (κ3) is 3.90. The van der Waals surface area contributed by atoms with Crippen LogP contribution in [0.1, 0.15) is 70.4 Å². The highest BCUT2D eigenvalue weighted by atomic mass is 32.1. The van der Waals surface area contributed by atoms with Gasteiger partial charge in [-0.15, -0.1) is 11.3 Å². The van der Waals surface area contributed by atoms with Crippen molar-refractivity contribution < 1.29 is 14.7 Å². The quantitative estimate of drug-likeness (QED) is 0.822. The van der Waals surface area contributed by atoms with E-state index < -0.39 is 11.9 Å². The molecule has 1 heterocycles. The monoisotopic (exact) mass is 358 g/mol. The van der Waals surface area contributed by atoms with Gasteiger partial charge in [-0.05, 0) is 44.4 Å². The van der Waals surface area contributed by atoms with Gasteiger partial charge < -0.3 is 10.4 Å². The summed E-state index contributed by atoms with van der Waals surface area (Å²) in [4.78, 5) is 28.8. The molecular weight excluding hydrogens is 336 g/mol. The van der Waals surface area contributed by atoms with Crippen LogP contribution < -0.4 is 5.32 Å². The van der Waals surface area contributed by atoms with Crippen molar-refractivity contribution in [3.63, 3.8) is 0 Å². The molecule has 1 aliphatic rings. The zero-order valence-corrected chi connectivity index (χ0v) is 15.2. The van der Waals surface area contributed by atoms with Crippen LogP contribution in [0.5, 0.6) is 0 Å². The van der Waals surface area contributed by atoms with E-state index in [0.29, 0.717) is 22.0 Å². The molecular formula is C19H22N2O3S. The van der Waals surface area contributed by atoms with E-state index in [0.717, 1.165) is 23.5 Å². The zero-order valence-electron chi connectivity index (χ0n) is 14.4. The van der Waals surface area contributed by atoms with Crippen LogP contribution in [0.15, 0.2) is 24.3 Å². The van der Waals surface area contributed by atoms with Gasteiger partial charge in [0.1, 0.15) is 4.88 Å². The number of carbonyl (C=O) groups is 2. The first-order valence-corrected chi connectivity index (χ1v) is 9.39. The second-order valence-electron chi connectivity index (χ2n) is 6.58. The van der Waals surface area contributed by atoms with Crippen LogP contribution in [0.25, 0.3) is 0 Å². The maximum Gasteiger partial charge on any atom is 0.310 e. The minimum absolute atomic E-state index is 0.154. The molecule has 2 N–H and O–H groups in total. The van der Waals surface area contributed by atoms with Crippen LogP contribution >= 0.6 is 11.3 Å². The first-order chi connectivity index (χ1) is 12.0. The number of benzene rings is 1. The molecule has 6 heteroatoms. The maximum absolute atomic E-state index is 12.6. The number of carboxylic acid groups (broad SMARTS) is 1. The van der Waals surface area contributed by atoms with Crippen LogP contribution in [0.3, 0.4) is 0 Å². The molecule has 25 heavy (non-hydrogen) atoms. The summed E-state index contributed by atoms with van der Waals surface area (Å²) in [5, 5.41) is 13.0. The van der Waals surface area contributed by atoms with Gasteiger partial charge in [-0.3, -0.25) is 9.59 Å². The molecule has 1 saturated carbocycles. The summed E-state index contributed by atoms with van der Waals surface area (Å²) in [6, 6.07) is 6.94. The molecule has 1 atom stereocenters. The third-order valence-electron chi connectivity index (χ3n) is 4.76. The molecule has 1 aliphatic carbocycles. The van der Waals surface area contributed by atoms with Crippen LogP contribution in [0.2, 0.25) is 0 Å². The highest BCUT2D eigenvalue weighted by molar-refractivity contribution is 7.14. The minimum atomic E-state index is -0.864. The predicted molar refractivity (Wildman–Crippen MR) is 98.5 cm³/mol. The van der Waals surface area contributed by atoms with Crippen molar-refractivity contribution in [2.45, 2.75) is 51.4 Å². The van der Waals surface area contributed by atoms with Gasteiger partial charge in [-0.25, -0.2) is 4.98 Å². The highest BCUT2D eigenvalue weighted by Crippen LogP contribution is 2.37. The molecule has 1 aromatic heterocycles. The fraction of sp³-hybridized carbons (Fsp3) is 0.421. The number of nitrogens with one attached hydrogen (secondary N) is 1. The third-order valence-corrected chi connectivity index (χ3v) is 6.08. The molecule has 5 nitrogen and oxygen atoms in total. The lowest BCUT2D eigenvalue weighted by molar-refractivity contribution is -0.138. The van der Waals surface area contributed by atoms with E-state index in [4.69, 9.17) is 5.11 Å². The number of carboxylic acids is 1. The van der Waals surface area contributed by atoms with Crippen molar-refractivity contribution in [1.29, 1.82) is 0 Å². The van der Waals surface area contributed by atoms with Crippen LogP contribution in [0, 0.1) is 6.92 Å². The second-order valence-corrected chi connectivity index (χ2v) is 7.61. The Bertz CT molecular complexity index is 776. The fourth-order valence-electron chi connectivity index (χ4n) is 3.16. The Morgan fingerprint density at radius 1 is 1.24 bits per heavy atom. The van der Waals surface area contributed by atoms with E-state index in [1.165, 1.54) is 24.2 Å². The Hall–Kier alpha value is -2.21. The molecule has 1 fully saturated rings. The normalized spacial score (nSPS) is 15.9. The van der Waals surface area contributed by atoms with Gasteiger partial charge in [0, 0.05) is 11.6 Å². The number of rotatable bonds is 5. The number of hydrogen-bond donors (Lipinski definition) is 2. The first kappa shape index (κ1) is 17.6. The van der Waals surface area contributed by atoms with Crippen molar-refractivity contribution in [3.05, 3.63) is 45.4 Å². The molecule has 1 amide bonds. The van der Waals surface area contributed by atoms with E-state index in [1.807, 2.05) is 6.92 Å². The molecule has 132 valence electrons. The van der Waals surface area contributed by atoms with Crippen molar-refractivity contribution in [3.8, 4) is 0 Å². The smallest absolute Gasteiger partial charge is 0.310 e. The average Bonchev–Trinajstić information content (AvgIpc) is 3.24. The Morgan fingerprint density at radius 2 is 1.88 bits per heavy atom. The highest BCUT2D eigenvalue weighted by Gasteiger charge is 2.24. The Labute approximate surface area is 151 Å². The number of aromatic nitrogens is 1. The van der Waals surface area contributed by atoms with Crippen LogP contribution in [-0.2, 0) is 4.79 Å². The molecule has 0 bridgehead atoms. The number of thiazole rings is 1. The van der Waals surface area contributed by atoms with Gasteiger partial charge in [0.25, 0.3) is 5.91 Å². The Balaban J connectivity index is 1.71. The number of anilines is 1. The second kappa shape index (κ2) is 7.35. The molecule has 3 rings (SSSR count). The van der Waals surface area contributed by atoms with Crippen molar-refractivity contribution in [2.75, 3.05) is 5.32 Å². The maximum atomic E-state index is 12.6. The average molecular weight is 358 g/mol. The lowest BCUT2D eigenvalue weighted by Crippen LogP contribution is -2.12. The molecule has 0 spiro atoms. The predicted octanol–water partition coefficient (Wildman–Crippen LogP) is 4.55. The van der Waals surface area contributed by atoms with Gasteiger partial charge in [-0.1, -0.05) is 25.0 Å². The summed E-state index contributed by atoms with van der Waals surface area (Å²) in [7, 11) is 0. The molecule has 0 aliphatic heterocycles. The van der Waals surface area contributed by atoms with Crippen molar-refractivity contribution >= 4 is 28.9 Å². The van der Waals surface area contributed by atoms with Crippen LogP contribution in [-0.4, -0.2) is 22.0 Å². The molecule has 0 radical (unpaired) electrons. The summed E-state index contributed by atoms with van der Waals surface area (Å²) in [6.45, 7) is 3.52. The van der Waals surface area contributed by atoms with Gasteiger partial charge in [0.15, 0.2) is 0 Å². The largest absolute Gasteiger partial charge is 0.481 e. The van der Waals surface area contributed by atoms with Crippen LogP contribution in [0.4, 0.5) is 5.69 Å². The van der Waals surface area contributed by atoms with E-state index in [2.05, 4.69) is 10.3 Å². The van der Waals surface area contributed by atoms with Gasteiger partial charge in [0.2, 0.25) is 0 Å². The van der Waals surface area contributed by atoms with Gasteiger partial charge in [0.05, 0.1) is 16.6 Å². The number of amides is 1. The molecule has 0 saturated heterocycles.